The average molecular weight is 468 g/mol. The number of aromatic nitrogens is 4. The largest absolute Gasteiger partial charge is 0.489 e. The van der Waals surface area contributed by atoms with Crippen molar-refractivity contribution < 1.29 is 4.74 Å². The lowest BCUT2D eigenvalue weighted by molar-refractivity contribution is 0.306. The number of fused-ring (bicyclic) bond motifs is 3. The van der Waals surface area contributed by atoms with Crippen molar-refractivity contribution in [1.29, 1.82) is 0 Å². The van der Waals surface area contributed by atoms with Crippen LogP contribution in [0.4, 0.5) is 0 Å². The first-order valence-corrected chi connectivity index (χ1v) is 9.88. The quantitative estimate of drug-likeness (QED) is 0.382. The number of hydrogen-bond acceptors (Lipinski definition) is 5. The van der Waals surface area contributed by atoms with Crippen LogP contribution in [0.1, 0.15) is 23.0 Å². The van der Waals surface area contributed by atoms with Crippen molar-refractivity contribution in [3.05, 3.63) is 102 Å². The number of rotatable bonds is 6. The minimum atomic E-state index is -0.315. The van der Waals surface area contributed by atoms with Gasteiger partial charge in [0.25, 0.3) is 0 Å². The Morgan fingerprint density at radius 3 is 2.31 bits per heavy atom. The Morgan fingerprint density at radius 1 is 0.812 bits per heavy atom. The standard InChI is InChI=1S/C24H21N5O.2ClH/c25-22(24-28-27-23-21-9-5-4-8-19(21)15-26-29(23)24)14-17-10-12-20(13-11-17)30-16-18-6-2-1-3-7-18;;/h1-13,15,22H,14,16,25H2;2*1H/t22-;;/m0../s1. The molecule has 164 valence electrons. The molecule has 0 aliphatic carbocycles. The van der Waals surface area contributed by atoms with Gasteiger partial charge >= 0.3 is 0 Å². The monoisotopic (exact) mass is 467 g/mol. The van der Waals surface area contributed by atoms with E-state index in [1.54, 1.807) is 4.52 Å². The van der Waals surface area contributed by atoms with Gasteiger partial charge in [0.15, 0.2) is 11.5 Å². The number of ether oxygens (including phenoxy) is 1. The lowest BCUT2D eigenvalue weighted by Gasteiger charge is -2.11. The normalized spacial score (nSPS) is 11.5. The zero-order valence-electron chi connectivity index (χ0n) is 17.2. The minimum absolute atomic E-state index is 0. The fraction of sp³-hybridized carbons (Fsp3) is 0.125. The highest BCUT2D eigenvalue weighted by Gasteiger charge is 2.17. The maximum absolute atomic E-state index is 6.46. The topological polar surface area (TPSA) is 78.3 Å². The van der Waals surface area contributed by atoms with E-state index >= 15 is 0 Å². The first-order valence-electron chi connectivity index (χ1n) is 9.88. The summed E-state index contributed by atoms with van der Waals surface area (Å²) in [6.07, 6.45) is 2.45. The Bertz CT molecular complexity index is 1290. The zero-order valence-corrected chi connectivity index (χ0v) is 18.8. The maximum atomic E-state index is 6.46. The predicted octanol–water partition coefficient (Wildman–Crippen LogP) is 4.94. The Kier molecular flexibility index (Phi) is 7.64. The van der Waals surface area contributed by atoms with Crippen LogP contribution in [0.5, 0.6) is 5.75 Å². The van der Waals surface area contributed by atoms with Gasteiger partial charge in [0.1, 0.15) is 12.4 Å². The van der Waals surface area contributed by atoms with E-state index in [1.165, 1.54) is 0 Å². The molecule has 2 N–H and O–H groups in total. The second-order valence-electron chi connectivity index (χ2n) is 7.25. The fourth-order valence-corrected chi connectivity index (χ4v) is 3.55. The van der Waals surface area contributed by atoms with E-state index in [2.05, 4.69) is 15.3 Å². The van der Waals surface area contributed by atoms with Crippen LogP contribution in [-0.4, -0.2) is 19.8 Å². The van der Waals surface area contributed by atoms with E-state index in [9.17, 15) is 0 Å². The molecule has 5 aromatic rings. The first-order chi connectivity index (χ1) is 14.8. The third-order valence-corrected chi connectivity index (χ3v) is 5.14. The van der Waals surface area contributed by atoms with Crippen LogP contribution < -0.4 is 10.5 Å². The molecule has 32 heavy (non-hydrogen) atoms. The van der Waals surface area contributed by atoms with E-state index < -0.39 is 0 Å². The van der Waals surface area contributed by atoms with E-state index in [1.807, 2.05) is 85.1 Å². The fourth-order valence-electron chi connectivity index (χ4n) is 3.55. The summed E-state index contributed by atoms with van der Waals surface area (Å²) in [5, 5.41) is 15.2. The van der Waals surface area contributed by atoms with Crippen molar-refractivity contribution in [3.63, 3.8) is 0 Å². The lowest BCUT2D eigenvalue weighted by atomic mass is 10.1. The van der Waals surface area contributed by atoms with Crippen LogP contribution >= 0.6 is 24.8 Å². The van der Waals surface area contributed by atoms with Gasteiger partial charge in [-0.3, -0.25) is 0 Å². The average Bonchev–Trinajstić information content (AvgIpc) is 3.24. The van der Waals surface area contributed by atoms with Crippen molar-refractivity contribution >= 4 is 41.2 Å². The molecule has 2 heterocycles. The summed E-state index contributed by atoms with van der Waals surface area (Å²) in [5.41, 5.74) is 9.43. The van der Waals surface area contributed by atoms with Crippen LogP contribution in [0.3, 0.4) is 0 Å². The van der Waals surface area contributed by atoms with Crippen LogP contribution in [0, 0.1) is 0 Å². The van der Waals surface area contributed by atoms with E-state index in [-0.39, 0.29) is 30.9 Å². The summed E-state index contributed by atoms with van der Waals surface area (Å²) in [7, 11) is 0. The first kappa shape index (κ1) is 23.5. The van der Waals surface area contributed by atoms with Gasteiger partial charge in [0.05, 0.1) is 12.2 Å². The van der Waals surface area contributed by atoms with Crippen molar-refractivity contribution in [1.82, 2.24) is 19.8 Å². The van der Waals surface area contributed by atoms with Crippen LogP contribution in [0.25, 0.3) is 16.4 Å². The second kappa shape index (κ2) is 10.4. The van der Waals surface area contributed by atoms with Gasteiger partial charge in [0, 0.05) is 10.8 Å². The van der Waals surface area contributed by atoms with Gasteiger partial charge in [-0.25, -0.2) is 0 Å². The number of nitrogens with zero attached hydrogens (tertiary/aromatic N) is 4. The summed E-state index contributed by atoms with van der Waals surface area (Å²) in [4.78, 5) is 0. The van der Waals surface area contributed by atoms with Crippen molar-refractivity contribution in [2.75, 3.05) is 0 Å². The maximum Gasteiger partial charge on any atom is 0.185 e. The Labute approximate surface area is 198 Å². The highest BCUT2D eigenvalue weighted by molar-refractivity contribution is 5.92. The molecular weight excluding hydrogens is 445 g/mol. The van der Waals surface area contributed by atoms with Gasteiger partial charge in [-0.2, -0.15) is 9.61 Å². The van der Waals surface area contributed by atoms with Crippen molar-refractivity contribution in [3.8, 4) is 5.75 Å². The molecule has 2 aromatic heterocycles. The minimum Gasteiger partial charge on any atom is -0.489 e. The number of halogens is 2. The van der Waals surface area contributed by atoms with Gasteiger partial charge in [-0.05, 0) is 29.7 Å². The molecule has 0 spiro atoms. The highest BCUT2D eigenvalue weighted by atomic mass is 35.5. The molecule has 8 heteroatoms. The Balaban J connectivity index is 0.00000144. The molecule has 5 rings (SSSR count). The van der Waals surface area contributed by atoms with Gasteiger partial charge in [0.2, 0.25) is 0 Å². The molecule has 0 aliphatic heterocycles. The zero-order chi connectivity index (χ0) is 20.3. The summed E-state index contributed by atoms with van der Waals surface area (Å²) in [6.45, 7) is 0.547. The molecule has 0 saturated carbocycles. The summed E-state index contributed by atoms with van der Waals surface area (Å²) in [6, 6.07) is 25.8. The van der Waals surface area contributed by atoms with Gasteiger partial charge in [-0.1, -0.05) is 66.7 Å². The molecule has 0 bridgehead atoms. The third-order valence-electron chi connectivity index (χ3n) is 5.14. The molecular formula is C24H23Cl2N5O. The van der Waals surface area contributed by atoms with Crippen molar-refractivity contribution in [2.24, 2.45) is 5.73 Å². The molecule has 0 radical (unpaired) electrons. The number of hydrogen-bond donors (Lipinski definition) is 1. The summed E-state index contributed by atoms with van der Waals surface area (Å²) >= 11 is 0. The van der Waals surface area contributed by atoms with E-state index in [0.717, 1.165) is 33.3 Å². The number of nitrogens with two attached hydrogens (primary N) is 1. The molecule has 0 fully saturated rings. The molecule has 0 aliphatic rings. The molecule has 3 aromatic carbocycles. The Hall–Kier alpha value is -3.19. The van der Waals surface area contributed by atoms with E-state index in [0.29, 0.717) is 18.9 Å². The number of benzene rings is 3. The third kappa shape index (κ3) is 4.83. The summed E-state index contributed by atoms with van der Waals surface area (Å²) < 4.78 is 7.60. The second-order valence-corrected chi connectivity index (χ2v) is 7.25. The van der Waals surface area contributed by atoms with Crippen LogP contribution in [0.2, 0.25) is 0 Å². The smallest absolute Gasteiger partial charge is 0.185 e. The van der Waals surface area contributed by atoms with Gasteiger partial charge < -0.3 is 10.5 Å². The SMILES string of the molecule is Cl.Cl.N[C@@H](Cc1ccc(OCc2ccccc2)cc1)c1nnc2c3ccccc3cnn12. The van der Waals surface area contributed by atoms with Gasteiger partial charge in [-0.15, -0.1) is 35.0 Å². The molecule has 0 unspecified atom stereocenters. The molecule has 0 saturated heterocycles. The lowest BCUT2D eigenvalue weighted by Crippen LogP contribution is -2.17. The molecule has 1 atom stereocenters. The summed E-state index contributed by atoms with van der Waals surface area (Å²) in [5.74, 6) is 1.48. The molecule has 6 nitrogen and oxygen atoms in total. The van der Waals surface area contributed by atoms with Crippen molar-refractivity contribution in [2.45, 2.75) is 19.1 Å². The van der Waals surface area contributed by atoms with E-state index in [4.69, 9.17) is 10.5 Å². The predicted molar refractivity (Wildman–Crippen MR) is 131 cm³/mol. The van der Waals surface area contributed by atoms with Crippen LogP contribution in [0.15, 0.2) is 85.1 Å². The highest BCUT2D eigenvalue weighted by Crippen LogP contribution is 2.22. The van der Waals surface area contributed by atoms with Crippen LogP contribution in [-0.2, 0) is 13.0 Å². The Morgan fingerprint density at radius 2 is 1.53 bits per heavy atom. The molecule has 0 amide bonds.